The van der Waals surface area contributed by atoms with Gasteiger partial charge in [0.15, 0.2) is 0 Å². The number of H-pyrrole nitrogens is 2. The summed E-state index contributed by atoms with van der Waals surface area (Å²) in [6, 6.07) is 32.5. The van der Waals surface area contributed by atoms with Crippen molar-refractivity contribution < 1.29 is 0 Å². The van der Waals surface area contributed by atoms with Gasteiger partial charge in [-0.1, -0.05) is 92.6 Å². The smallest absolute Gasteiger partial charge is 0.232 e. The van der Waals surface area contributed by atoms with Crippen LogP contribution in [0.1, 0.15) is 258 Å². The van der Waals surface area contributed by atoms with Crippen molar-refractivity contribution in [3.8, 4) is 0 Å². The summed E-state index contributed by atoms with van der Waals surface area (Å²) < 4.78 is 0. The van der Waals surface area contributed by atoms with E-state index in [0.717, 1.165) is 117 Å². The number of fused-ring (bicyclic) bond motifs is 2. The molecule has 0 aliphatic carbocycles. The van der Waals surface area contributed by atoms with Crippen LogP contribution in [0.15, 0.2) is 104 Å². The summed E-state index contributed by atoms with van der Waals surface area (Å²) in [6.07, 6.45) is 14.7. The Morgan fingerprint density at radius 1 is 0.238 bits per heavy atom. The molecule has 0 radical (unpaired) electrons. The van der Waals surface area contributed by atoms with Gasteiger partial charge in [-0.15, -0.1) is 0 Å². The number of rotatable bonds is 20. The standard InChI is InChI=1S/2C24H34N6.2C23H35N5.C21H32N6.2C2H6/c1-13-8-9-20(16(4)15(13)3)27-24-28-22-19(10-11-25-22)23(29-24)26-21-12-14(2)30(7)18(6)17(21)5;1-13-8-9-20(16(4)15(13)3)26-23-19-10-11-25-22(19)28-24(29-23)27-21-12-14(2)30(7)18(6)17(21)5;1-13-9-10-20(17(5)16(13)4)26-23-24-12-14(2)22(27-23)25-21-11-15(3)28(8)19(7)18(21)6;1-13-9-10-20(17(5)16(13)4)25-22-14(2)12-24-23(27-22)26-21-11-15(3)28(8)19(7)18(21)6;1-12-8-9-18(15(4)14(12)3)24-20-22-11-23-21(26-20)25-19-10-13(2)27(7)17(6)16(19)5;2*1-2/h2*8-11,14,17-18,21H,12H2,1-7H3,(H3,25,26,27,28,29);2*9-10,12,15,18-19,21H,11H2,1-8H3,(H2,24,25,26,27);8-9,11,13,16-17,19H,10H2,1-7H3,(H2,22,23,24,25,26);2*1-2H3. The SMILES string of the molecule is CC.CC.Cc1ccc(Nc2nc(NC3CC(C)N(C)C(C)C3C)c3cc[nH]c3n2)c(C)c1C.Cc1ccc(Nc2nc(NC3CC(C)N(C)C(C)C3C)nc3[nH]ccc23)c(C)c1C.Cc1ccc(Nc2ncnc(NC3CC(C)N(C)C(C)C3C)n2)c(C)c1C.Cc1cnc(NC2CC(C)N(C)C(C)C2C)nc1Nc1ccc(C)c(C)c1C.Cc1cnc(Nc2ccc(C)c(C)c2C)nc1NC1CC(C)N(C)C(C)C1C. The minimum Gasteiger partial charge on any atom is -0.367 e. The largest absolute Gasteiger partial charge is 0.367 e. The zero-order valence-electron chi connectivity index (χ0n) is 97.1. The van der Waals surface area contributed by atoms with E-state index in [1.54, 1.807) is 6.33 Å². The predicted molar refractivity (Wildman–Crippen MR) is 623 cm³/mol. The number of hydrogen-bond acceptors (Lipinski definition) is 26. The molecule has 7 aromatic heterocycles. The topological polar surface area (TPSA) is 310 Å². The number of aromatic nitrogens is 13. The molecule has 0 spiro atoms. The molecular formula is C119H182N28. The maximum absolute atomic E-state index is 4.89. The number of piperidine rings is 5. The van der Waals surface area contributed by atoms with Crippen molar-refractivity contribution in [2.45, 2.75) is 372 Å². The van der Waals surface area contributed by atoms with Gasteiger partial charge in [0.2, 0.25) is 35.7 Å². The summed E-state index contributed by atoms with van der Waals surface area (Å²) in [7, 11) is 11.1. The Hall–Kier alpha value is -11.7. The van der Waals surface area contributed by atoms with Crippen LogP contribution in [-0.4, -0.2) is 215 Å². The Labute approximate surface area is 882 Å². The summed E-state index contributed by atoms with van der Waals surface area (Å²) in [4.78, 5) is 70.0. The van der Waals surface area contributed by atoms with Gasteiger partial charge < -0.3 is 87.6 Å². The first-order chi connectivity index (χ1) is 69.7. The summed E-state index contributed by atoms with van der Waals surface area (Å²) in [6.45, 7) is 78.9. The lowest BCUT2D eigenvalue weighted by molar-refractivity contribution is 0.0827. The molecule has 28 heteroatoms. The van der Waals surface area contributed by atoms with Gasteiger partial charge in [-0.2, -0.15) is 34.9 Å². The molecule has 798 valence electrons. The predicted octanol–water partition coefficient (Wildman–Crippen LogP) is 26.4. The Kier molecular flexibility index (Phi) is 40.1. The normalized spacial score (nSPS) is 24.8. The lowest BCUT2D eigenvalue weighted by Crippen LogP contribution is -2.53. The molecule has 5 aromatic carbocycles. The molecule has 0 amide bonds. The van der Waals surface area contributed by atoms with Gasteiger partial charge in [-0.3, -0.25) is 0 Å². The molecule has 0 bridgehead atoms. The fourth-order valence-electron chi connectivity index (χ4n) is 21.1. The highest BCUT2D eigenvalue weighted by atomic mass is 15.3. The quantitative estimate of drug-likeness (QED) is 0.0337. The number of nitrogens with one attached hydrogen (secondary N) is 12. The van der Waals surface area contributed by atoms with Crippen LogP contribution in [-0.2, 0) is 0 Å². The van der Waals surface area contributed by atoms with E-state index in [2.05, 4.69) is 429 Å². The monoisotopic (exact) mass is 2000 g/mol. The van der Waals surface area contributed by atoms with Crippen LogP contribution in [0.5, 0.6) is 0 Å². The molecule has 28 nitrogen and oxygen atoms in total. The fraction of sp³-hybridized carbons (Fsp3) is 0.555. The second-order valence-electron chi connectivity index (χ2n) is 43.4. The minimum atomic E-state index is 0.342. The van der Waals surface area contributed by atoms with Crippen LogP contribution in [0.3, 0.4) is 0 Å². The van der Waals surface area contributed by atoms with E-state index in [1.807, 2.05) is 65.5 Å². The third kappa shape index (κ3) is 27.3. The molecule has 20 unspecified atom stereocenters. The first-order valence-corrected chi connectivity index (χ1v) is 54.3. The van der Waals surface area contributed by atoms with E-state index in [4.69, 9.17) is 29.9 Å². The highest BCUT2D eigenvalue weighted by molar-refractivity contribution is 5.91. The van der Waals surface area contributed by atoms with Gasteiger partial charge in [0, 0.05) is 155 Å². The van der Waals surface area contributed by atoms with Gasteiger partial charge in [0.1, 0.15) is 40.9 Å². The summed E-state index contributed by atoms with van der Waals surface area (Å²) in [5.74, 6) is 9.98. The van der Waals surface area contributed by atoms with E-state index in [0.29, 0.717) is 156 Å². The Bertz CT molecular complexity index is 6360. The van der Waals surface area contributed by atoms with Crippen LogP contribution >= 0.6 is 0 Å². The molecule has 5 aliphatic rings. The number of benzene rings is 5. The zero-order chi connectivity index (χ0) is 108. The number of likely N-dealkylation sites (tertiary alicyclic amines) is 5. The van der Waals surface area contributed by atoms with Crippen molar-refractivity contribution in [1.82, 2.24) is 89.3 Å². The lowest BCUT2D eigenvalue weighted by Gasteiger charge is -2.45. The first-order valence-electron chi connectivity index (χ1n) is 54.3. The van der Waals surface area contributed by atoms with Crippen LogP contribution in [0.25, 0.3) is 22.1 Å². The van der Waals surface area contributed by atoms with Gasteiger partial charge >= 0.3 is 0 Å². The molecular weight excluding hydrogens is 1820 g/mol. The van der Waals surface area contributed by atoms with Gasteiger partial charge in [-0.25, -0.2) is 19.9 Å². The average molecular weight is 2000 g/mol. The van der Waals surface area contributed by atoms with E-state index < -0.39 is 0 Å². The summed E-state index contributed by atoms with van der Waals surface area (Å²) in [5.41, 5.74) is 28.3. The number of anilines is 15. The molecule has 17 rings (SSSR count). The maximum atomic E-state index is 4.89. The Balaban J connectivity index is 0.000000173. The van der Waals surface area contributed by atoms with Crippen molar-refractivity contribution in [3.05, 3.63) is 198 Å². The number of hydrogen-bond donors (Lipinski definition) is 12. The highest BCUT2D eigenvalue weighted by Gasteiger charge is 2.41. The molecule has 12 heterocycles. The number of aryl methyl sites for hydroxylation is 7. The molecule has 0 saturated carbocycles. The molecule has 12 aromatic rings. The van der Waals surface area contributed by atoms with Gasteiger partial charge in [-0.05, 0) is 410 Å². The Morgan fingerprint density at radius 2 is 0.490 bits per heavy atom. The van der Waals surface area contributed by atoms with Crippen molar-refractivity contribution in [2.24, 2.45) is 29.6 Å². The van der Waals surface area contributed by atoms with Crippen molar-refractivity contribution in [2.75, 3.05) is 88.4 Å². The Morgan fingerprint density at radius 3 is 0.850 bits per heavy atom. The third-order valence-corrected chi connectivity index (χ3v) is 35.1. The van der Waals surface area contributed by atoms with Crippen LogP contribution in [0.4, 0.5) is 87.4 Å². The van der Waals surface area contributed by atoms with Crippen molar-refractivity contribution in [1.29, 1.82) is 0 Å². The molecule has 5 fully saturated rings. The number of aromatic amines is 2. The van der Waals surface area contributed by atoms with Crippen molar-refractivity contribution >= 4 is 109 Å². The first kappa shape index (κ1) is 116. The van der Waals surface area contributed by atoms with Crippen LogP contribution in [0, 0.1) is 147 Å². The average Bonchev–Trinajstić information content (AvgIpc) is 1.69. The van der Waals surface area contributed by atoms with Crippen LogP contribution in [0.2, 0.25) is 0 Å². The second kappa shape index (κ2) is 51.0. The minimum absolute atomic E-state index is 0.342. The lowest BCUT2D eigenvalue weighted by atomic mass is 9.84. The van der Waals surface area contributed by atoms with E-state index in [1.165, 1.54) is 83.5 Å². The van der Waals surface area contributed by atoms with Crippen molar-refractivity contribution in [3.63, 3.8) is 0 Å². The molecule has 147 heavy (non-hydrogen) atoms. The van der Waals surface area contributed by atoms with Gasteiger partial charge in [0.05, 0.1) is 10.8 Å². The van der Waals surface area contributed by atoms with Gasteiger partial charge in [0.25, 0.3) is 0 Å². The molecule has 20 atom stereocenters. The zero-order valence-corrected chi connectivity index (χ0v) is 97.1. The number of nitrogens with zero attached hydrogens (tertiary/aromatic N) is 16. The summed E-state index contributed by atoms with van der Waals surface area (Å²) in [5, 5.41) is 37.6. The molecule has 5 saturated heterocycles. The van der Waals surface area contributed by atoms with E-state index in [9.17, 15) is 0 Å². The second-order valence-corrected chi connectivity index (χ2v) is 43.4. The third-order valence-electron chi connectivity index (χ3n) is 35.1. The van der Waals surface area contributed by atoms with E-state index in [-0.39, 0.29) is 0 Å². The molecule has 5 aliphatic heterocycles. The maximum Gasteiger partial charge on any atom is 0.232 e. The van der Waals surface area contributed by atoms with Crippen LogP contribution < -0.4 is 53.2 Å². The molecule has 12 N–H and O–H groups in total. The summed E-state index contributed by atoms with van der Waals surface area (Å²) >= 11 is 0. The highest BCUT2D eigenvalue weighted by Crippen LogP contribution is 2.40. The fourth-order valence-corrected chi connectivity index (χ4v) is 21.1. The van der Waals surface area contributed by atoms with E-state index >= 15 is 0 Å².